The normalized spacial score (nSPS) is 12.2. The third kappa shape index (κ3) is 6.30. The van der Waals surface area contributed by atoms with Gasteiger partial charge in [-0.3, -0.25) is 9.67 Å². The van der Waals surface area contributed by atoms with Gasteiger partial charge in [-0.2, -0.15) is 5.10 Å². The molecule has 2 N–H and O–H groups in total. The number of guanidine groups is 1. The van der Waals surface area contributed by atoms with E-state index in [2.05, 4.69) is 25.7 Å². The van der Waals surface area contributed by atoms with Gasteiger partial charge in [0.2, 0.25) is 0 Å². The van der Waals surface area contributed by atoms with E-state index in [4.69, 9.17) is 4.74 Å². The Kier molecular flexibility index (Phi) is 8.44. The molecule has 0 amide bonds. The maximum atomic E-state index is 12.9. The highest BCUT2D eigenvalue weighted by atomic mass is 127. The second-order valence-electron chi connectivity index (χ2n) is 4.99. The van der Waals surface area contributed by atoms with E-state index >= 15 is 0 Å². The first-order chi connectivity index (χ1) is 11.1. The highest BCUT2D eigenvalue weighted by Crippen LogP contribution is 2.12. The van der Waals surface area contributed by atoms with Crippen molar-refractivity contribution in [2.24, 2.45) is 12.0 Å². The van der Waals surface area contributed by atoms with Crippen LogP contribution in [0.4, 0.5) is 4.39 Å². The maximum Gasteiger partial charge on any atom is 0.191 e. The molecule has 0 aliphatic carbocycles. The fourth-order valence-corrected chi connectivity index (χ4v) is 1.89. The van der Waals surface area contributed by atoms with Gasteiger partial charge in [0.1, 0.15) is 29.8 Å². The summed E-state index contributed by atoms with van der Waals surface area (Å²) in [6.45, 7) is 2.99. The summed E-state index contributed by atoms with van der Waals surface area (Å²) in [6, 6.07) is 5.95. The molecule has 1 aromatic carbocycles. The van der Waals surface area contributed by atoms with Crippen LogP contribution in [0.25, 0.3) is 0 Å². The zero-order chi connectivity index (χ0) is 16.7. The first-order valence-electron chi connectivity index (χ1n) is 7.28. The van der Waals surface area contributed by atoms with Gasteiger partial charge in [-0.15, -0.1) is 24.0 Å². The van der Waals surface area contributed by atoms with Crippen molar-refractivity contribution in [2.45, 2.75) is 19.6 Å². The van der Waals surface area contributed by atoms with Crippen LogP contribution < -0.4 is 15.4 Å². The number of hydrogen-bond acceptors (Lipinski definition) is 4. The molecular weight excluding hydrogens is 426 g/mol. The predicted octanol–water partition coefficient (Wildman–Crippen LogP) is 1.70. The fraction of sp³-hybridized carbons (Fsp3) is 0.400. The zero-order valence-electron chi connectivity index (χ0n) is 13.9. The minimum atomic E-state index is -0.281. The summed E-state index contributed by atoms with van der Waals surface area (Å²) < 4.78 is 20.2. The Balaban J connectivity index is 0.00000288. The number of ether oxygens (including phenoxy) is 1. The van der Waals surface area contributed by atoms with E-state index in [1.807, 2.05) is 14.0 Å². The quantitative estimate of drug-likeness (QED) is 0.400. The Morgan fingerprint density at radius 2 is 2.04 bits per heavy atom. The summed E-state index contributed by atoms with van der Waals surface area (Å²) in [4.78, 5) is 8.27. The summed E-state index contributed by atoms with van der Waals surface area (Å²) in [5.41, 5.74) is 0. The number of hydrogen-bond donors (Lipinski definition) is 2. The molecule has 24 heavy (non-hydrogen) atoms. The number of aliphatic imine (C=N–C) groups is 1. The highest BCUT2D eigenvalue weighted by Gasteiger charge is 2.07. The van der Waals surface area contributed by atoms with E-state index in [9.17, 15) is 4.39 Å². The Morgan fingerprint density at radius 1 is 1.33 bits per heavy atom. The van der Waals surface area contributed by atoms with Gasteiger partial charge in [-0.1, -0.05) is 0 Å². The molecule has 2 aromatic rings. The molecule has 0 spiro atoms. The van der Waals surface area contributed by atoms with Crippen molar-refractivity contribution >= 4 is 29.9 Å². The van der Waals surface area contributed by atoms with Crippen LogP contribution in [0.1, 0.15) is 12.7 Å². The lowest BCUT2D eigenvalue weighted by Crippen LogP contribution is -2.41. The highest BCUT2D eigenvalue weighted by molar-refractivity contribution is 14.0. The number of rotatable bonds is 6. The van der Waals surface area contributed by atoms with Gasteiger partial charge >= 0.3 is 0 Å². The van der Waals surface area contributed by atoms with Crippen molar-refractivity contribution < 1.29 is 9.13 Å². The summed E-state index contributed by atoms with van der Waals surface area (Å²) >= 11 is 0. The molecular formula is C15H22FIN6O. The predicted molar refractivity (Wildman–Crippen MR) is 101 cm³/mol. The SMILES string of the molecule is CN=C(NCc1ncnn1C)NCC(C)Oc1ccc(F)cc1.I. The third-order valence-corrected chi connectivity index (χ3v) is 3.15. The molecule has 0 saturated carbocycles. The van der Waals surface area contributed by atoms with Crippen molar-refractivity contribution in [2.75, 3.05) is 13.6 Å². The molecule has 0 saturated heterocycles. The van der Waals surface area contributed by atoms with Crippen molar-refractivity contribution in [3.8, 4) is 5.75 Å². The molecule has 0 fully saturated rings. The van der Waals surface area contributed by atoms with Crippen LogP contribution in [-0.2, 0) is 13.6 Å². The van der Waals surface area contributed by atoms with Gasteiger partial charge in [-0.05, 0) is 31.2 Å². The molecule has 1 heterocycles. The molecule has 9 heteroatoms. The number of nitrogens with one attached hydrogen (secondary N) is 2. The minimum Gasteiger partial charge on any atom is -0.489 e. The lowest BCUT2D eigenvalue weighted by Gasteiger charge is -2.17. The molecule has 1 atom stereocenters. The van der Waals surface area contributed by atoms with Crippen LogP contribution in [0.15, 0.2) is 35.6 Å². The van der Waals surface area contributed by atoms with E-state index in [1.54, 1.807) is 23.9 Å². The van der Waals surface area contributed by atoms with Crippen molar-refractivity contribution in [1.82, 2.24) is 25.4 Å². The summed E-state index contributed by atoms with van der Waals surface area (Å²) in [5, 5.41) is 10.3. The molecule has 1 aromatic heterocycles. The number of halogens is 2. The summed E-state index contributed by atoms with van der Waals surface area (Å²) in [6.07, 6.45) is 1.40. The molecule has 1 unspecified atom stereocenters. The van der Waals surface area contributed by atoms with Crippen LogP contribution >= 0.6 is 24.0 Å². The van der Waals surface area contributed by atoms with Gasteiger partial charge in [0.15, 0.2) is 5.96 Å². The molecule has 0 aliphatic heterocycles. The zero-order valence-corrected chi connectivity index (χ0v) is 16.2. The van der Waals surface area contributed by atoms with Gasteiger partial charge in [0.05, 0.1) is 13.1 Å². The largest absolute Gasteiger partial charge is 0.489 e. The van der Waals surface area contributed by atoms with Crippen molar-refractivity contribution in [3.63, 3.8) is 0 Å². The summed E-state index contributed by atoms with van der Waals surface area (Å²) in [7, 11) is 3.52. The molecule has 132 valence electrons. The van der Waals surface area contributed by atoms with Gasteiger partial charge in [0, 0.05) is 14.1 Å². The number of aromatic nitrogens is 3. The molecule has 2 rings (SSSR count). The number of benzene rings is 1. The molecule has 0 bridgehead atoms. The monoisotopic (exact) mass is 448 g/mol. The van der Waals surface area contributed by atoms with Gasteiger partial charge < -0.3 is 15.4 Å². The first kappa shape index (κ1) is 20.1. The van der Waals surface area contributed by atoms with Crippen LogP contribution in [0.3, 0.4) is 0 Å². The van der Waals surface area contributed by atoms with Gasteiger partial charge in [0.25, 0.3) is 0 Å². The van der Waals surface area contributed by atoms with Crippen LogP contribution in [-0.4, -0.2) is 40.4 Å². The smallest absolute Gasteiger partial charge is 0.191 e. The second-order valence-corrected chi connectivity index (χ2v) is 4.99. The van der Waals surface area contributed by atoms with E-state index < -0.39 is 0 Å². The average molecular weight is 448 g/mol. The summed E-state index contributed by atoms with van der Waals surface area (Å²) in [5.74, 6) is 1.80. The maximum absolute atomic E-state index is 12.9. The third-order valence-electron chi connectivity index (χ3n) is 3.15. The van der Waals surface area contributed by atoms with Crippen LogP contribution in [0.5, 0.6) is 5.75 Å². The standard InChI is InChI=1S/C15H21FN6O.HI/c1-11(23-13-6-4-12(16)5-7-13)8-18-15(17-2)19-9-14-20-10-21-22(14)3;/h4-7,10-11H,8-9H2,1-3H3,(H2,17,18,19);1H. The Morgan fingerprint density at radius 3 is 2.62 bits per heavy atom. The topological polar surface area (TPSA) is 76.4 Å². The van der Waals surface area contributed by atoms with Gasteiger partial charge in [-0.25, -0.2) is 9.37 Å². The average Bonchev–Trinajstić information content (AvgIpc) is 2.95. The fourth-order valence-electron chi connectivity index (χ4n) is 1.89. The minimum absolute atomic E-state index is 0. The molecule has 0 aliphatic rings. The second kappa shape index (κ2) is 10.1. The van der Waals surface area contributed by atoms with Crippen molar-refractivity contribution in [1.29, 1.82) is 0 Å². The van der Waals surface area contributed by atoms with E-state index in [0.717, 1.165) is 5.82 Å². The van der Waals surface area contributed by atoms with E-state index in [-0.39, 0.29) is 35.9 Å². The number of aryl methyl sites for hydroxylation is 1. The molecule has 7 nitrogen and oxygen atoms in total. The van der Waals surface area contributed by atoms with Crippen molar-refractivity contribution in [3.05, 3.63) is 42.2 Å². The van der Waals surface area contributed by atoms with Crippen LogP contribution in [0.2, 0.25) is 0 Å². The van der Waals surface area contributed by atoms with Crippen LogP contribution in [0, 0.1) is 5.82 Å². The molecule has 0 radical (unpaired) electrons. The number of nitrogens with zero attached hydrogens (tertiary/aromatic N) is 4. The lowest BCUT2D eigenvalue weighted by atomic mass is 10.3. The van der Waals surface area contributed by atoms with E-state index in [0.29, 0.717) is 24.8 Å². The Bertz CT molecular complexity index is 646. The first-order valence-corrected chi connectivity index (χ1v) is 7.28. The Hall–Kier alpha value is -1.91. The van der Waals surface area contributed by atoms with E-state index in [1.165, 1.54) is 18.5 Å². The Labute approximate surface area is 157 Å². The lowest BCUT2D eigenvalue weighted by molar-refractivity contribution is 0.223.